The van der Waals surface area contributed by atoms with E-state index in [9.17, 15) is 8.42 Å². The van der Waals surface area contributed by atoms with Crippen molar-refractivity contribution >= 4 is 15.9 Å². The van der Waals surface area contributed by atoms with Gasteiger partial charge in [0.05, 0.1) is 4.90 Å². The van der Waals surface area contributed by atoms with Gasteiger partial charge < -0.3 is 4.90 Å². The number of piperidine rings is 2. The molecule has 5 rings (SSSR count). The normalized spacial score (nSPS) is 26.5. The average Bonchev–Trinajstić information content (AvgIpc) is 2.93. The molecule has 140 valence electrons. The van der Waals surface area contributed by atoms with Crippen LogP contribution < -0.4 is 0 Å². The Balaban J connectivity index is 1.33. The molecule has 0 radical (unpaired) electrons. The second kappa shape index (κ2) is 6.50. The lowest BCUT2D eigenvalue weighted by atomic mass is 9.84. The standard InChI is InChI=1S/C22H24N2O2S/c25-27(26)21-9-5-4-8-20(21)11-22(27)24-15-18-10-19(16-24)14-23(13-18)12-17-6-2-1-3-7-17/h1-9,11,18-19H,10,12-16H2. The lowest BCUT2D eigenvalue weighted by molar-refractivity contribution is 0.0460. The molecule has 27 heavy (non-hydrogen) atoms. The summed E-state index contributed by atoms with van der Waals surface area (Å²) in [6.07, 6.45) is 3.08. The molecule has 0 N–H and O–H groups in total. The number of hydrogen-bond donors (Lipinski definition) is 0. The van der Waals surface area contributed by atoms with Crippen molar-refractivity contribution in [2.45, 2.75) is 17.9 Å². The Labute approximate surface area is 161 Å². The molecule has 3 aliphatic heterocycles. The average molecular weight is 381 g/mol. The van der Waals surface area contributed by atoms with E-state index in [0.717, 1.165) is 38.3 Å². The van der Waals surface area contributed by atoms with E-state index in [1.807, 2.05) is 18.2 Å². The van der Waals surface area contributed by atoms with E-state index in [-0.39, 0.29) is 0 Å². The zero-order valence-electron chi connectivity index (χ0n) is 15.3. The Morgan fingerprint density at radius 2 is 1.52 bits per heavy atom. The monoisotopic (exact) mass is 380 g/mol. The first-order valence-electron chi connectivity index (χ1n) is 9.66. The van der Waals surface area contributed by atoms with Gasteiger partial charge in [-0.05, 0) is 41.5 Å². The quantitative estimate of drug-likeness (QED) is 0.820. The molecule has 3 heterocycles. The van der Waals surface area contributed by atoms with Gasteiger partial charge in [-0.15, -0.1) is 0 Å². The summed E-state index contributed by atoms with van der Waals surface area (Å²) in [6.45, 7) is 4.74. The van der Waals surface area contributed by atoms with Crippen molar-refractivity contribution < 1.29 is 8.42 Å². The number of hydrogen-bond acceptors (Lipinski definition) is 4. The second-order valence-electron chi connectivity index (χ2n) is 8.08. The third-order valence-electron chi connectivity index (χ3n) is 5.98. The van der Waals surface area contributed by atoms with E-state index < -0.39 is 9.84 Å². The maximum Gasteiger partial charge on any atom is 0.222 e. The topological polar surface area (TPSA) is 40.6 Å². The summed E-state index contributed by atoms with van der Waals surface area (Å²) < 4.78 is 26.0. The van der Waals surface area contributed by atoms with Crippen LogP contribution in [0, 0.1) is 11.8 Å². The number of likely N-dealkylation sites (tertiary alicyclic amines) is 2. The van der Waals surface area contributed by atoms with Gasteiger partial charge in [0.1, 0.15) is 5.03 Å². The molecule has 2 aromatic rings. The molecule has 2 saturated heterocycles. The second-order valence-corrected chi connectivity index (χ2v) is 9.94. The van der Waals surface area contributed by atoms with Crippen LogP contribution in [0.15, 0.2) is 64.5 Å². The van der Waals surface area contributed by atoms with Gasteiger partial charge in [0.15, 0.2) is 0 Å². The van der Waals surface area contributed by atoms with Crippen LogP contribution in [0.3, 0.4) is 0 Å². The molecule has 2 fully saturated rings. The van der Waals surface area contributed by atoms with Gasteiger partial charge in [-0.25, -0.2) is 8.42 Å². The fraction of sp³-hybridized carbons (Fsp3) is 0.364. The van der Waals surface area contributed by atoms with Crippen molar-refractivity contribution in [3.63, 3.8) is 0 Å². The van der Waals surface area contributed by atoms with Crippen LogP contribution in [0.4, 0.5) is 0 Å². The summed E-state index contributed by atoms with van der Waals surface area (Å²) in [5, 5.41) is 0.509. The largest absolute Gasteiger partial charge is 0.361 e. The van der Waals surface area contributed by atoms with Crippen LogP contribution in [0.2, 0.25) is 0 Å². The number of benzene rings is 2. The highest BCUT2D eigenvalue weighted by Gasteiger charge is 2.40. The molecule has 0 amide bonds. The summed E-state index contributed by atoms with van der Waals surface area (Å²) in [4.78, 5) is 5.13. The summed E-state index contributed by atoms with van der Waals surface area (Å²) in [6, 6.07) is 17.9. The maximum absolute atomic E-state index is 13.0. The van der Waals surface area contributed by atoms with Crippen molar-refractivity contribution in [2.75, 3.05) is 26.2 Å². The number of fused-ring (bicyclic) bond motifs is 3. The molecule has 4 nitrogen and oxygen atoms in total. The van der Waals surface area contributed by atoms with Crippen LogP contribution in [-0.4, -0.2) is 44.4 Å². The zero-order chi connectivity index (χ0) is 18.4. The molecule has 0 spiro atoms. The van der Waals surface area contributed by atoms with Gasteiger partial charge in [0.2, 0.25) is 9.84 Å². The van der Waals surface area contributed by atoms with Crippen LogP contribution in [0.1, 0.15) is 17.5 Å². The minimum Gasteiger partial charge on any atom is -0.361 e. The summed E-state index contributed by atoms with van der Waals surface area (Å²) in [5.41, 5.74) is 2.18. The van der Waals surface area contributed by atoms with Crippen molar-refractivity contribution in [1.29, 1.82) is 0 Å². The van der Waals surface area contributed by atoms with Gasteiger partial charge in [-0.3, -0.25) is 4.90 Å². The third kappa shape index (κ3) is 3.09. The van der Waals surface area contributed by atoms with Crippen LogP contribution >= 0.6 is 0 Å². The van der Waals surface area contributed by atoms with E-state index in [0.29, 0.717) is 21.8 Å². The first-order valence-corrected chi connectivity index (χ1v) is 11.1. The minimum absolute atomic E-state index is 0.460. The van der Waals surface area contributed by atoms with E-state index >= 15 is 0 Å². The van der Waals surface area contributed by atoms with Crippen molar-refractivity contribution in [3.05, 3.63) is 70.8 Å². The maximum atomic E-state index is 13.0. The number of sulfone groups is 1. The Morgan fingerprint density at radius 3 is 2.22 bits per heavy atom. The fourth-order valence-corrected chi connectivity index (χ4v) is 6.66. The number of nitrogens with zero attached hydrogens (tertiary/aromatic N) is 2. The highest BCUT2D eigenvalue weighted by Crippen LogP contribution is 2.38. The molecule has 2 aromatic carbocycles. The van der Waals surface area contributed by atoms with Gasteiger partial charge in [0, 0.05) is 32.7 Å². The minimum atomic E-state index is -3.37. The molecule has 2 unspecified atom stereocenters. The Bertz CT molecular complexity index is 970. The summed E-state index contributed by atoms with van der Waals surface area (Å²) in [7, 11) is -3.37. The van der Waals surface area contributed by atoms with Crippen molar-refractivity contribution in [3.8, 4) is 0 Å². The molecule has 3 aliphatic rings. The highest BCUT2D eigenvalue weighted by atomic mass is 32.2. The van der Waals surface area contributed by atoms with Gasteiger partial charge in [0.25, 0.3) is 0 Å². The van der Waals surface area contributed by atoms with Gasteiger partial charge in [-0.2, -0.15) is 0 Å². The van der Waals surface area contributed by atoms with E-state index in [2.05, 4.69) is 40.1 Å². The molecular formula is C22H24N2O2S. The van der Waals surface area contributed by atoms with Crippen LogP contribution in [0.5, 0.6) is 0 Å². The first kappa shape index (κ1) is 17.0. The molecule has 0 aliphatic carbocycles. The third-order valence-corrected chi connectivity index (χ3v) is 7.86. The predicted molar refractivity (Wildman–Crippen MR) is 106 cm³/mol. The van der Waals surface area contributed by atoms with Crippen LogP contribution in [-0.2, 0) is 16.4 Å². The van der Waals surface area contributed by atoms with Crippen molar-refractivity contribution in [1.82, 2.24) is 9.80 Å². The molecule has 0 aromatic heterocycles. The Kier molecular flexibility index (Phi) is 4.10. The van der Waals surface area contributed by atoms with E-state index in [4.69, 9.17) is 0 Å². The summed E-state index contributed by atoms with van der Waals surface area (Å²) >= 11 is 0. The van der Waals surface area contributed by atoms with Gasteiger partial charge >= 0.3 is 0 Å². The highest BCUT2D eigenvalue weighted by molar-refractivity contribution is 7.95. The smallest absolute Gasteiger partial charge is 0.222 e. The zero-order valence-corrected chi connectivity index (χ0v) is 16.1. The first-order chi connectivity index (χ1) is 13.1. The van der Waals surface area contributed by atoms with E-state index in [1.54, 1.807) is 12.1 Å². The predicted octanol–water partition coefficient (Wildman–Crippen LogP) is 3.23. The molecule has 2 bridgehead atoms. The SMILES string of the molecule is O=S1(=O)C(N2CC3CC(CN(Cc4ccccc4)C3)C2)=Cc2ccccc21. The molecule has 5 heteroatoms. The molecule has 0 saturated carbocycles. The fourth-order valence-electron chi connectivity index (χ4n) is 4.97. The Hall–Kier alpha value is -2.11. The molecular weight excluding hydrogens is 356 g/mol. The summed E-state index contributed by atoms with van der Waals surface area (Å²) in [5.74, 6) is 1.06. The van der Waals surface area contributed by atoms with Gasteiger partial charge in [-0.1, -0.05) is 48.5 Å². The lowest BCUT2D eigenvalue weighted by Crippen LogP contribution is -2.52. The Morgan fingerprint density at radius 1 is 0.852 bits per heavy atom. The van der Waals surface area contributed by atoms with Crippen molar-refractivity contribution in [2.24, 2.45) is 11.8 Å². The van der Waals surface area contributed by atoms with Crippen LogP contribution in [0.25, 0.3) is 6.08 Å². The van der Waals surface area contributed by atoms with E-state index in [1.165, 1.54) is 12.0 Å². The number of rotatable bonds is 3. The molecule has 2 atom stereocenters. The lowest BCUT2D eigenvalue weighted by Gasteiger charge is -2.46.